The molecule has 0 unspecified atom stereocenters. The van der Waals surface area contributed by atoms with Gasteiger partial charge in [0.05, 0.1) is 0 Å². The average molecular weight is 340 g/mol. The zero-order valence-electron chi connectivity index (χ0n) is 7.15. The summed E-state index contributed by atoms with van der Waals surface area (Å²) >= 11 is 5.97. The fraction of sp³-hybridized carbons (Fsp3) is 0.111. The highest BCUT2D eigenvalue weighted by Gasteiger charge is 2.12. The van der Waals surface area contributed by atoms with Crippen molar-refractivity contribution in [1.29, 1.82) is 0 Å². The molecule has 0 saturated carbocycles. The van der Waals surface area contributed by atoms with Gasteiger partial charge >= 0.3 is 0 Å². The molecule has 0 saturated heterocycles. The molecule has 0 bridgehead atoms. The molecule has 0 aliphatic heterocycles. The summed E-state index contributed by atoms with van der Waals surface area (Å²) in [5, 5.41) is 0. The van der Waals surface area contributed by atoms with Crippen LogP contribution in [0.5, 0.6) is 0 Å². The first-order chi connectivity index (χ1) is 6.56. The van der Waals surface area contributed by atoms with Crippen LogP contribution in [0.2, 0.25) is 0 Å². The number of sulfone groups is 1. The molecule has 0 aliphatic carbocycles. The van der Waals surface area contributed by atoms with E-state index >= 15 is 0 Å². The van der Waals surface area contributed by atoms with Crippen LogP contribution in [0.15, 0.2) is 34.1 Å². The van der Waals surface area contributed by atoms with Crippen molar-refractivity contribution in [2.24, 2.45) is 0 Å². The third kappa shape index (κ3) is 3.22. The normalized spacial score (nSPS) is 12.9. The summed E-state index contributed by atoms with van der Waals surface area (Å²) in [6.07, 6.45) is 1.58. The number of rotatable bonds is 3. The van der Waals surface area contributed by atoms with Gasteiger partial charge in [0.1, 0.15) is 8.48 Å². The Hall–Kier alpha value is -0.130. The van der Waals surface area contributed by atoms with Crippen molar-refractivity contribution in [3.05, 3.63) is 39.7 Å². The molecule has 1 aromatic rings. The van der Waals surface area contributed by atoms with E-state index < -0.39 is 9.84 Å². The van der Waals surface area contributed by atoms with Gasteiger partial charge in [-0.15, -0.1) is 0 Å². The van der Waals surface area contributed by atoms with Crippen molar-refractivity contribution in [3.8, 4) is 0 Å². The lowest BCUT2D eigenvalue weighted by atomic mass is 10.2. The summed E-state index contributed by atoms with van der Waals surface area (Å²) in [6, 6.07) is 9.26. The van der Waals surface area contributed by atoms with Crippen LogP contribution in [0.4, 0.5) is 0 Å². The summed E-state index contributed by atoms with van der Waals surface area (Å²) in [7, 11) is -3.20. The third-order valence-corrected chi connectivity index (χ3v) is 6.04. The molecule has 0 heterocycles. The number of halogens is 2. The van der Waals surface area contributed by atoms with Crippen LogP contribution < -0.4 is 0 Å². The van der Waals surface area contributed by atoms with Crippen LogP contribution in [0.1, 0.15) is 5.56 Å². The van der Waals surface area contributed by atoms with E-state index in [1.807, 2.05) is 30.3 Å². The van der Waals surface area contributed by atoms with Gasteiger partial charge in [-0.3, -0.25) is 0 Å². The van der Waals surface area contributed by atoms with E-state index in [4.69, 9.17) is 0 Å². The first-order valence-corrected chi connectivity index (χ1v) is 7.34. The minimum absolute atomic E-state index is 0.0794. The summed E-state index contributed by atoms with van der Waals surface area (Å²) in [4.78, 5) is 0. The van der Waals surface area contributed by atoms with Gasteiger partial charge in [0.15, 0.2) is 9.84 Å². The smallest absolute Gasteiger partial charge is 0.194 e. The van der Waals surface area contributed by atoms with Gasteiger partial charge < -0.3 is 0 Å². The van der Waals surface area contributed by atoms with Gasteiger partial charge in [-0.25, -0.2) is 8.42 Å². The molecule has 1 rings (SSSR count). The lowest BCUT2D eigenvalue weighted by Gasteiger charge is -1.98. The van der Waals surface area contributed by atoms with E-state index in [9.17, 15) is 8.42 Å². The van der Waals surface area contributed by atoms with Crippen molar-refractivity contribution < 1.29 is 8.42 Å². The molecule has 76 valence electrons. The fourth-order valence-corrected chi connectivity index (χ4v) is 3.51. The fourth-order valence-electron chi connectivity index (χ4n) is 0.822. The SMILES string of the molecule is O=S(=O)(CBr)C(Br)=Cc1ccccc1. The van der Waals surface area contributed by atoms with Gasteiger partial charge in [-0.05, 0) is 27.6 Å². The highest BCUT2D eigenvalue weighted by molar-refractivity contribution is 9.15. The van der Waals surface area contributed by atoms with Crippen LogP contribution in [0.3, 0.4) is 0 Å². The second-order valence-electron chi connectivity index (χ2n) is 2.58. The number of hydrogen-bond donors (Lipinski definition) is 0. The predicted molar refractivity (Wildman–Crippen MR) is 66.1 cm³/mol. The Bertz CT molecular complexity index is 423. The van der Waals surface area contributed by atoms with E-state index in [0.717, 1.165) is 5.56 Å². The van der Waals surface area contributed by atoms with Crippen LogP contribution >= 0.6 is 31.9 Å². The first kappa shape index (κ1) is 11.9. The molecular weight excluding hydrogens is 332 g/mol. The van der Waals surface area contributed by atoms with Crippen molar-refractivity contribution >= 4 is 47.8 Å². The summed E-state index contributed by atoms with van der Waals surface area (Å²) in [5.74, 6) is 0. The largest absolute Gasteiger partial charge is 0.222 e. The maximum absolute atomic E-state index is 11.3. The van der Waals surface area contributed by atoms with E-state index in [1.54, 1.807) is 6.08 Å². The second kappa shape index (κ2) is 5.09. The van der Waals surface area contributed by atoms with Gasteiger partial charge in [0, 0.05) is 0 Å². The van der Waals surface area contributed by atoms with Crippen molar-refractivity contribution in [3.63, 3.8) is 0 Å². The Labute approximate surface area is 100 Å². The van der Waals surface area contributed by atoms with Gasteiger partial charge in [-0.1, -0.05) is 46.3 Å². The van der Waals surface area contributed by atoms with E-state index in [-0.39, 0.29) is 8.48 Å². The van der Waals surface area contributed by atoms with Crippen LogP contribution in [0.25, 0.3) is 6.08 Å². The molecule has 5 heteroatoms. The maximum Gasteiger partial charge on any atom is 0.194 e. The Kier molecular flexibility index (Phi) is 4.34. The minimum atomic E-state index is -3.20. The van der Waals surface area contributed by atoms with Gasteiger partial charge in [0.2, 0.25) is 0 Å². The second-order valence-corrected chi connectivity index (χ2v) is 7.22. The van der Waals surface area contributed by atoms with Crippen LogP contribution in [0, 0.1) is 0 Å². The molecular formula is C9H8Br2O2S. The van der Waals surface area contributed by atoms with Crippen molar-refractivity contribution in [2.45, 2.75) is 0 Å². The van der Waals surface area contributed by atoms with Crippen LogP contribution in [-0.4, -0.2) is 13.1 Å². The molecule has 2 nitrogen and oxygen atoms in total. The average Bonchev–Trinajstić information content (AvgIpc) is 2.19. The van der Waals surface area contributed by atoms with Crippen molar-refractivity contribution in [2.75, 3.05) is 4.66 Å². The summed E-state index contributed by atoms with van der Waals surface area (Å²) in [5.41, 5.74) is 0.851. The van der Waals surface area contributed by atoms with Gasteiger partial charge in [0.25, 0.3) is 0 Å². The lowest BCUT2D eigenvalue weighted by molar-refractivity contribution is 0.609. The lowest BCUT2D eigenvalue weighted by Crippen LogP contribution is -1.99. The zero-order valence-corrected chi connectivity index (χ0v) is 11.1. The van der Waals surface area contributed by atoms with E-state index in [0.29, 0.717) is 0 Å². The summed E-state index contributed by atoms with van der Waals surface area (Å²) < 4.78 is 22.8. The maximum atomic E-state index is 11.3. The Morgan fingerprint density at radius 2 is 1.86 bits per heavy atom. The highest BCUT2D eigenvalue weighted by Crippen LogP contribution is 2.20. The molecule has 0 atom stereocenters. The standard InChI is InChI=1S/C9H8Br2O2S/c10-7-14(12,13)9(11)6-8-4-2-1-3-5-8/h1-6H,7H2. The molecule has 0 amide bonds. The minimum Gasteiger partial charge on any atom is -0.222 e. The van der Waals surface area contributed by atoms with E-state index in [2.05, 4.69) is 31.9 Å². The molecule has 0 radical (unpaired) electrons. The molecule has 0 spiro atoms. The zero-order chi connectivity index (χ0) is 10.6. The monoisotopic (exact) mass is 338 g/mol. The number of hydrogen-bond acceptors (Lipinski definition) is 2. The van der Waals surface area contributed by atoms with E-state index in [1.165, 1.54) is 0 Å². The Morgan fingerprint density at radius 1 is 1.29 bits per heavy atom. The molecule has 0 aromatic heterocycles. The number of benzene rings is 1. The Balaban J connectivity index is 3.02. The molecule has 0 fully saturated rings. The molecule has 0 aliphatic rings. The topological polar surface area (TPSA) is 34.1 Å². The van der Waals surface area contributed by atoms with Crippen LogP contribution in [-0.2, 0) is 9.84 Å². The number of alkyl halides is 1. The van der Waals surface area contributed by atoms with Gasteiger partial charge in [-0.2, -0.15) is 0 Å². The quantitative estimate of drug-likeness (QED) is 0.793. The summed E-state index contributed by atoms with van der Waals surface area (Å²) in [6.45, 7) is 0. The predicted octanol–water partition coefficient (Wildman–Crippen LogP) is 3.15. The first-order valence-electron chi connectivity index (χ1n) is 3.77. The molecule has 1 aromatic carbocycles. The molecule has 14 heavy (non-hydrogen) atoms. The highest BCUT2D eigenvalue weighted by atomic mass is 79.9. The van der Waals surface area contributed by atoms with Crippen molar-refractivity contribution in [1.82, 2.24) is 0 Å². The molecule has 0 N–H and O–H groups in total. The third-order valence-electron chi connectivity index (χ3n) is 1.52. The Morgan fingerprint density at radius 3 is 2.36 bits per heavy atom.